The minimum atomic E-state index is -0.110. The first-order chi connectivity index (χ1) is 18.5. The number of benzene rings is 2. The number of para-hydroxylation sites is 1. The Morgan fingerprint density at radius 2 is 1.74 bits per heavy atom. The van der Waals surface area contributed by atoms with Crippen LogP contribution in [0.2, 0.25) is 0 Å². The molecule has 2 fully saturated rings. The lowest BCUT2D eigenvalue weighted by Crippen LogP contribution is -2.56. The summed E-state index contributed by atoms with van der Waals surface area (Å²) in [6.07, 6.45) is 6.63. The van der Waals surface area contributed by atoms with Gasteiger partial charge in [0.2, 0.25) is 0 Å². The molecule has 8 heteroatoms. The maximum Gasteiger partial charge on any atom is 0.254 e. The van der Waals surface area contributed by atoms with Crippen molar-refractivity contribution in [1.82, 2.24) is 14.9 Å². The fourth-order valence-electron chi connectivity index (χ4n) is 6.31. The summed E-state index contributed by atoms with van der Waals surface area (Å²) in [5.74, 6) is 1.68. The van der Waals surface area contributed by atoms with Crippen molar-refractivity contribution in [1.29, 1.82) is 0 Å². The fourth-order valence-corrected chi connectivity index (χ4v) is 6.31. The van der Waals surface area contributed by atoms with Crippen molar-refractivity contribution >= 4 is 30.9 Å². The van der Waals surface area contributed by atoms with Gasteiger partial charge in [-0.05, 0) is 86.4 Å². The van der Waals surface area contributed by atoms with Crippen LogP contribution in [0.1, 0.15) is 45.5 Å². The molecule has 0 radical (unpaired) electrons. The van der Waals surface area contributed by atoms with Crippen LogP contribution in [0.4, 0.5) is 11.5 Å². The standard InChI is InChI=1S/C31H39N5O2.H2S/c1-22-17-23(2)30(31(38)35-15-16-36(27(19-35)20-37)26-7-5-4-6-8-26)24(3)28(22)18-25-10-13-34(14-11-25)29-9-12-32-21-33-29;/h4-9,12,17,21,25,27,37H,10-11,13-16,18-20H2,1-3H3;1H2/t27-;/m0./s1. The van der Waals surface area contributed by atoms with E-state index in [2.05, 4.69) is 58.7 Å². The van der Waals surface area contributed by atoms with E-state index in [4.69, 9.17) is 0 Å². The van der Waals surface area contributed by atoms with Crippen LogP contribution >= 0.6 is 13.5 Å². The molecule has 2 aliphatic heterocycles. The predicted octanol–water partition coefficient (Wildman–Crippen LogP) is 4.30. The molecule has 0 spiro atoms. The van der Waals surface area contributed by atoms with E-state index in [1.54, 1.807) is 12.5 Å². The highest BCUT2D eigenvalue weighted by Crippen LogP contribution is 2.31. The summed E-state index contributed by atoms with van der Waals surface area (Å²) in [5.41, 5.74) is 6.69. The van der Waals surface area contributed by atoms with Gasteiger partial charge in [0.25, 0.3) is 5.91 Å². The highest BCUT2D eigenvalue weighted by molar-refractivity contribution is 7.59. The zero-order valence-corrected chi connectivity index (χ0v) is 24.3. The average Bonchev–Trinajstić information content (AvgIpc) is 2.96. The Balaban J connectivity index is 0.00000353. The van der Waals surface area contributed by atoms with Gasteiger partial charge in [-0.3, -0.25) is 4.79 Å². The van der Waals surface area contributed by atoms with Crippen molar-refractivity contribution < 1.29 is 9.90 Å². The molecule has 39 heavy (non-hydrogen) atoms. The van der Waals surface area contributed by atoms with Gasteiger partial charge in [-0.1, -0.05) is 24.3 Å². The summed E-state index contributed by atoms with van der Waals surface area (Å²) >= 11 is 0. The quantitative estimate of drug-likeness (QED) is 0.496. The number of carbonyl (C=O) groups is 1. The fraction of sp³-hybridized carbons (Fsp3) is 0.452. The van der Waals surface area contributed by atoms with Crippen molar-refractivity contribution in [3.8, 4) is 0 Å². The van der Waals surface area contributed by atoms with E-state index in [1.165, 1.54) is 11.1 Å². The summed E-state index contributed by atoms with van der Waals surface area (Å²) < 4.78 is 0. The van der Waals surface area contributed by atoms with Crippen LogP contribution in [0.3, 0.4) is 0 Å². The number of aromatic nitrogens is 2. The Morgan fingerprint density at radius 1 is 1.00 bits per heavy atom. The van der Waals surface area contributed by atoms with Crippen LogP contribution in [0.5, 0.6) is 0 Å². The number of aliphatic hydroxyl groups is 1. The highest BCUT2D eigenvalue weighted by atomic mass is 32.1. The van der Waals surface area contributed by atoms with Crippen LogP contribution in [-0.4, -0.2) is 71.3 Å². The third-order valence-corrected chi connectivity index (χ3v) is 8.41. The predicted molar refractivity (Wildman–Crippen MR) is 162 cm³/mol. The number of aryl methyl sites for hydroxylation is 2. The normalized spacial score (nSPS) is 18.2. The zero-order chi connectivity index (χ0) is 26.6. The number of hydrogen-bond donors (Lipinski definition) is 1. The lowest BCUT2D eigenvalue weighted by atomic mass is 9.84. The van der Waals surface area contributed by atoms with E-state index in [0.29, 0.717) is 25.6 Å². The van der Waals surface area contributed by atoms with E-state index in [0.717, 1.165) is 60.5 Å². The average molecular weight is 548 g/mol. The Bertz CT molecular complexity index is 1250. The molecule has 1 aromatic heterocycles. The molecule has 2 aromatic carbocycles. The van der Waals surface area contributed by atoms with Crippen LogP contribution in [0.15, 0.2) is 55.0 Å². The third-order valence-electron chi connectivity index (χ3n) is 8.41. The second-order valence-corrected chi connectivity index (χ2v) is 10.8. The van der Waals surface area contributed by atoms with Crippen LogP contribution in [0, 0.1) is 26.7 Å². The van der Waals surface area contributed by atoms with E-state index in [9.17, 15) is 9.90 Å². The number of nitrogens with zero attached hydrogens (tertiary/aromatic N) is 5. The minimum Gasteiger partial charge on any atom is -0.394 e. The largest absolute Gasteiger partial charge is 0.394 e. The molecule has 0 bridgehead atoms. The van der Waals surface area contributed by atoms with Gasteiger partial charge in [0.05, 0.1) is 12.6 Å². The zero-order valence-electron chi connectivity index (χ0n) is 23.3. The number of rotatable bonds is 6. The second-order valence-electron chi connectivity index (χ2n) is 10.8. The number of anilines is 2. The molecule has 1 N–H and O–H groups in total. The maximum atomic E-state index is 13.9. The van der Waals surface area contributed by atoms with Crippen molar-refractivity contribution in [2.75, 3.05) is 49.1 Å². The molecular weight excluding hydrogens is 506 g/mol. The van der Waals surface area contributed by atoms with E-state index in [-0.39, 0.29) is 32.1 Å². The van der Waals surface area contributed by atoms with E-state index in [1.807, 2.05) is 29.2 Å². The Labute approximate surface area is 239 Å². The summed E-state index contributed by atoms with van der Waals surface area (Å²) in [4.78, 5) is 28.9. The maximum absolute atomic E-state index is 13.9. The van der Waals surface area contributed by atoms with Crippen molar-refractivity contribution in [3.63, 3.8) is 0 Å². The van der Waals surface area contributed by atoms with E-state index < -0.39 is 0 Å². The SMILES string of the molecule is Cc1cc(C)c(C(=O)N2CCN(c3ccccc3)[C@H](CO)C2)c(C)c1CC1CCN(c2ccncn2)CC1.S. The third kappa shape index (κ3) is 6.23. The first-order valence-corrected chi connectivity index (χ1v) is 13.8. The molecular formula is C31H41N5O2S. The number of hydrogen-bond acceptors (Lipinski definition) is 6. The molecule has 208 valence electrons. The van der Waals surface area contributed by atoms with Crippen LogP contribution in [-0.2, 0) is 6.42 Å². The highest BCUT2D eigenvalue weighted by Gasteiger charge is 2.32. The van der Waals surface area contributed by atoms with Crippen molar-refractivity contribution in [3.05, 3.63) is 82.8 Å². The lowest BCUT2D eigenvalue weighted by Gasteiger charge is -2.42. The molecule has 0 saturated carbocycles. The number of piperazine rings is 1. The topological polar surface area (TPSA) is 72.8 Å². The molecule has 1 atom stereocenters. The Morgan fingerprint density at radius 3 is 2.41 bits per heavy atom. The smallest absolute Gasteiger partial charge is 0.254 e. The molecule has 0 aliphatic carbocycles. The lowest BCUT2D eigenvalue weighted by molar-refractivity contribution is 0.0697. The molecule has 5 rings (SSSR count). The van der Waals surface area contributed by atoms with Crippen LogP contribution in [0.25, 0.3) is 0 Å². The first kappa shape index (κ1) is 28.9. The van der Waals surface area contributed by atoms with Crippen molar-refractivity contribution in [2.24, 2.45) is 5.92 Å². The van der Waals surface area contributed by atoms with Gasteiger partial charge in [0.15, 0.2) is 0 Å². The number of carbonyl (C=O) groups excluding carboxylic acids is 1. The molecule has 0 unspecified atom stereocenters. The van der Waals surface area contributed by atoms with Gasteiger partial charge in [-0.2, -0.15) is 13.5 Å². The second kappa shape index (κ2) is 12.8. The molecule has 3 aromatic rings. The summed E-state index contributed by atoms with van der Waals surface area (Å²) in [5, 5.41) is 10.2. The van der Waals surface area contributed by atoms with Gasteiger partial charge in [0, 0.05) is 50.2 Å². The van der Waals surface area contributed by atoms with Gasteiger partial charge in [-0.25, -0.2) is 9.97 Å². The monoisotopic (exact) mass is 547 g/mol. The van der Waals surface area contributed by atoms with Crippen LogP contribution < -0.4 is 9.80 Å². The summed E-state index contributed by atoms with van der Waals surface area (Å²) in [6, 6.07) is 14.2. The minimum absolute atomic E-state index is 0. The van der Waals surface area contributed by atoms with Crippen molar-refractivity contribution in [2.45, 2.75) is 46.1 Å². The molecule has 2 saturated heterocycles. The Hall–Kier alpha value is -3.10. The molecule has 3 heterocycles. The number of amides is 1. The molecule has 2 aliphatic rings. The first-order valence-electron chi connectivity index (χ1n) is 13.8. The van der Waals surface area contributed by atoms with Gasteiger partial charge >= 0.3 is 0 Å². The summed E-state index contributed by atoms with van der Waals surface area (Å²) in [6.45, 7) is 10.2. The number of piperidine rings is 1. The van der Waals surface area contributed by atoms with Gasteiger partial charge < -0.3 is 19.8 Å². The van der Waals surface area contributed by atoms with E-state index >= 15 is 0 Å². The summed E-state index contributed by atoms with van der Waals surface area (Å²) in [7, 11) is 0. The Kier molecular flexibility index (Phi) is 9.51. The molecule has 1 amide bonds. The molecule has 7 nitrogen and oxygen atoms in total. The van der Waals surface area contributed by atoms with Gasteiger partial charge in [-0.15, -0.1) is 0 Å². The van der Waals surface area contributed by atoms with Gasteiger partial charge in [0.1, 0.15) is 12.1 Å². The number of aliphatic hydroxyl groups excluding tert-OH is 1.